The van der Waals surface area contributed by atoms with Gasteiger partial charge in [-0.3, -0.25) is 19.8 Å². The first kappa shape index (κ1) is 17.1. The van der Waals surface area contributed by atoms with Crippen LogP contribution in [0.2, 0.25) is 0 Å². The number of benzene rings is 1. The quantitative estimate of drug-likeness (QED) is 0.510. The Hall–Kier alpha value is -2.73. The van der Waals surface area contributed by atoms with Gasteiger partial charge in [-0.05, 0) is 63.7 Å². The molecule has 5 nitrogen and oxygen atoms in total. The Morgan fingerprint density at radius 1 is 1.12 bits per heavy atom. The van der Waals surface area contributed by atoms with Gasteiger partial charge in [-0.2, -0.15) is 0 Å². The van der Waals surface area contributed by atoms with Gasteiger partial charge in [-0.15, -0.1) is 0 Å². The van der Waals surface area contributed by atoms with Crippen LogP contribution in [-0.2, 0) is 9.59 Å². The number of anilines is 1. The number of carbonyl (C=O) groups is 2. The minimum atomic E-state index is -0.505. The summed E-state index contributed by atoms with van der Waals surface area (Å²) in [5, 5.41) is 2.68. The number of furan rings is 1. The molecule has 0 unspecified atom stereocenters. The van der Waals surface area contributed by atoms with E-state index in [0.29, 0.717) is 17.0 Å². The van der Waals surface area contributed by atoms with Crippen LogP contribution in [0, 0.1) is 27.7 Å². The highest BCUT2D eigenvalue weighted by Crippen LogP contribution is 2.27. The zero-order valence-corrected chi connectivity index (χ0v) is 15.3. The Bertz CT molecular complexity index is 940. The molecule has 1 fully saturated rings. The van der Waals surface area contributed by atoms with Gasteiger partial charge in [0.25, 0.3) is 11.8 Å². The molecule has 0 saturated carbocycles. The summed E-state index contributed by atoms with van der Waals surface area (Å²) in [6, 6.07) is 7.49. The first-order chi connectivity index (χ1) is 11.8. The largest absolute Gasteiger partial charge is 0.466 e. The highest BCUT2D eigenvalue weighted by molar-refractivity contribution is 7.80. The molecule has 2 aromatic rings. The molecule has 0 aliphatic carbocycles. The molecule has 0 radical (unpaired) electrons. The minimum Gasteiger partial charge on any atom is -0.466 e. The third-order valence-electron chi connectivity index (χ3n) is 4.07. The van der Waals surface area contributed by atoms with Crippen molar-refractivity contribution in [3.05, 3.63) is 58.0 Å². The van der Waals surface area contributed by atoms with Gasteiger partial charge in [-0.1, -0.05) is 17.7 Å². The third kappa shape index (κ3) is 3.13. The maximum absolute atomic E-state index is 13.0. The molecule has 1 aromatic heterocycles. The molecule has 2 heterocycles. The average Bonchev–Trinajstić information content (AvgIpc) is 2.83. The Morgan fingerprint density at radius 2 is 1.84 bits per heavy atom. The fourth-order valence-electron chi connectivity index (χ4n) is 2.88. The van der Waals surface area contributed by atoms with Crippen molar-refractivity contribution in [3.63, 3.8) is 0 Å². The second kappa shape index (κ2) is 6.29. The summed E-state index contributed by atoms with van der Waals surface area (Å²) in [7, 11) is 0. The van der Waals surface area contributed by atoms with Gasteiger partial charge in [0.05, 0.1) is 5.69 Å². The lowest BCUT2D eigenvalue weighted by molar-refractivity contribution is -0.122. The molecule has 1 saturated heterocycles. The topological polar surface area (TPSA) is 62.6 Å². The Morgan fingerprint density at radius 3 is 2.44 bits per heavy atom. The highest BCUT2D eigenvalue weighted by atomic mass is 32.1. The molecule has 1 N–H and O–H groups in total. The standard InChI is InChI=1S/C19H18N2O3S/c1-10-5-6-16(11(2)7-10)21-18(23)15(17(22)20-19(21)25)9-14-8-12(3)24-13(14)4/h5-9H,1-4H3,(H,20,22,25)/b15-9+. The lowest BCUT2D eigenvalue weighted by Gasteiger charge is -2.30. The molecule has 1 aromatic carbocycles. The first-order valence-electron chi connectivity index (χ1n) is 7.83. The number of aryl methyl sites for hydroxylation is 4. The second-order valence-electron chi connectivity index (χ2n) is 6.12. The van der Waals surface area contributed by atoms with Crippen molar-refractivity contribution in [2.75, 3.05) is 4.90 Å². The summed E-state index contributed by atoms with van der Waals surface area (Å²) in [5.41, 5.74) is 3.37. The van der Waals surface area contributed by atoms with Crippen molar-refractivity contribution in [2.45, 2.75) is 27.7 Å². The van der Waals surface area contributed by atoms with E-state index in [2.05, 4.69) is 5.32 Å². The van der Waals surface area contributed by atoms with Crippen molar-refractivity contribution in [1.82, 2.24) is 5.32 Å². The smallest absolute Gasteiger partial charge is 0.270 e. The van der Waals surface area contributed by atoms with E-state index >= 15 is 0 Å². The lowest BCUT2D eigenvalue weighted by Crippen LogP contribution is -2.54. The van der Waals surface area contributed by atoms with Crippen LogP contribution in [0.4, 0.5) is 5.69 Å². The molecule has 0 bridgehead atoms. The van der Waals surface area contributed by atoms with Crippen LogP contribution in [0.25, 0.3) is 6.08 Å². The zero-order valence-electron chi connectivity index (χ0n) is 14.5. The van der Waals surface area contributed by atoms with Crippen molar-refractivity contribution in [1.29, 1.82) is 0 Å². The summed E-state index contributed by atoms with van der Waals surface area (Å²) < 4.78 is 5.46. The molecule has 2 amide bonds. The second-order valence-corrected chi connectivity index (χ2v) is 6.50. The zero-order chi connectivity index (χ0) is 18.3. The average molecular weight is 354 g/mol. The van der Waals surface area contributed by atoms with E-state index in [4.69, 9.17) is 16.6 Å². The maximum atomic E-state index is 13.0. The molecule has 128 valence electrons. The maximum Gasteiger partial charge on any atom is 0.270 e. The number of hydrogen-bond acceptors (Lipinski definition) is 4. The molecular weight excluding hydrogens is 336 g/mol. The van der Waals surface area contributed by atoms with Crippen LogP contribution < -0.4 is 10.2 Å². The van der Waals surface area contributed by atoms with E-state index in [-0.39, 0.29) is 10.7 Å². The van der Waals surface area contributed by atoms with E-state index in [1.54, 1.807) is 19.1 Å². The molecule has 1 aliphatic rings. The van der Waals surface area contributed by atoms with Gasteiger partial charge < -0.3 is 4.42 Å². The minimum absolute atomic E-state index is 0.0254. The van der Waals surface area contributed by atoms with Crippen LogP contribution in [-0.4, -0.2) is 16.9 Å². The predicted octanol–water partition coefficient (Wildman–Crippen LogP) is 3.34. The number of thiocarbonyl (C=S) groups is 1. The van der Waals surface area contributed by atoms with Gasteiger partial charge in [0.15, 0.2) is 5.11 Å². The monoisotopic (exact) mass is 354 g/mol. The Kier molecular flexibility index (Phi) is 4.30. The number of carbonyl (C=O) groups excluding carboxylic acids is 2. The van der Waals surface area contributed by atoms with Crippen LogP contribution in [0.5, 0.6) is 0 Å². The SMILES string of the molecule is Cc1ccc(N2C(=O)/C(=C/c3cc(C)oc3C)C(=O)NC2=S)c(C)c1. The van der Waals surface area contributed by atoms with E-state index in [0.717, 1.165) is 16.9 Å². The Balaban J connectivity index is 2.07. The van der Waals surface area contributed by atoms with E-state index in [1.165, 1.54) is 4.90 Å². The highest BCUT2D eigenvalue weighted by Gasteiger charge is 2.35. The molecule has 3 rings (SSSR count). The van der Waals surface area contributed by atoms with Crippen LogP contribution >= 0.6 is 12.2 Å². The van der Waals surface area contributed by atoms with Gasteiger partial charge in [0.2, 0.25) is 0 Å². The summed E-state index contributed by atoms with van der Waals surface area (Å²) >= 11 is 5.23. The number of nitrogens with one attached hydrogen (secondary N) is 1. The van der Waals surface area contributed by atoms with Crippen molar-refractivity contribution < 1.29 is 14.0 Å². The van der Waals surface area contributed by atoms with E-state index < -0.39 is 11.8 Å². The van der Waals surface area contributed by atoms with Gasteiger partial charge in [-0.25, -0.2) is 0 Å². The summed E-state index contributed by atoms with van der Waals surface area (Å²) in [6.07, 6.45) is 1.54. The Labute approximate surface area is 151 Å². The van der Waals surface area contributed by atoms with E-state index in [9.17, 15) is 9.59 Å². The predicted molar refractivity (Wildman–Crippen MR) is 100 cm³/mol. The normalized spacial score (nSPS) is 16.6. The van der Waals surface area contributed by atoms with Crippen molar-refractivity contribution in [2.24, 2.45) is 0 Å². The van der Waals surface area contributed by atoms with Crippen molar-refractivity contribution in [3.8, 4) is 0 Å². The summed E-state index contributed by atoms with van der Waals surface area (Å²) in [4.78, 5) is 26.7. The fraction of sp³-hybridized carbons (Fsp3) is 0.211. The molecule has 0 atom stereocenters. The summed E-state index contributed by atoms with van der Waals surface area (Å²) in [6.45, 7) is 7.48. The van der Waals surface area contributed by atoms with Gasteiger partial charge >= 0.3 is 0 Å². The molecule has 25 heavy (non-hydrogen) atoms. The number of nitrogens with zero attached hydrogens (tertiary/aromatic N) is 1. The first-order valence-corrected chi connectivity index (χ1v) is 8.24. The fourth-order valence-corrected chi connectivity index (χ4v) is 3.16. The molecule has 6 heteroatoms. The number of amides is 2. The van der Waals surface area contributed by atoms with Crippen LogP contribution in [0.1, 0.15) is 28.2 Å². The molecular formula is C19H18N2O3S. The van der Waals surface area contributed by atoms with Gasteiger partial charge in [0.1, 0.15) is 17.1 Å². The molecule has 0 spiro atoms. The number of rotatable bonds is 2. The van der Waals surface area contributed by atoms with Gasteiger partial charge in [0, 0.05) is 5.56 Å². The van der Waals surface area contributed by atoms with Crippen molar-refractivity contribution >= 4 is 40.9 Å². The van der Waals surface area contributed by atoms with E-state index in [1.807, 2.05) is 39.0 Å². The van der Waals surface area contributed by atoms with Crippen LogP contribution in [0.15, 0.2) is 34.3 Å². The number of hydrogen-bond donors (Lipinski definition) is 1. The van der Waals surface area contributed by atoms with Crippen LogP contribution in [0.3, 0.4) is 0 Å². The summed E-state index contributed by atoms with van der Waals surface area (Å²) in [5.74, 6) is 0.416. The third-order valence-corrected chi connectivity index (χ3v) is 4.36. The lowest BCUT2D eigenvalue weighted by atomic mass is 10.1. The molecule has 1 aliphatic heterocycles.